The first-order valence-electron chi connectivity index (χ1n) is 10.5. The van der Waals surface area contributed by atoms with Crippen LogP contribution in [0.4, 0.5) is 5.69 Å². The van der Waals surface area contributed by atoms with Crippen molar-refractivity contribution >= 4 is 16.5 Å². The number of ether oxygens (including phenoxy) is 1. The molecule has 4 rings (SSSR count). The Hall–Kier alpha value is -3.50. The van der Waals surface area contributed by atoms with Crippen LogP contribution in [0.25, 0.3) is 21.9 Å². The molecule has 0 amide bonds. The SMILES string of the molecule is N#Cc1c(C[C@@H]2O[C@H](CO)[C@@H](O)[C@H](O)[C@H]2O)cc(-c2cccc3ccccc23)c(C#N)c1N. The number of nitrogens with zero attached hydrogens (tertiary/aromatic N) is 2. The molecule has 1 aliphatic rings. The Labute approximate surface area is 190 Å². The monoisotopic (exact) mass is 445 g/mol. The lowest BCUT2D eigenvalue weighted by molar-refractivity contribution is -0.228. The average Bonchev–Trinajstić information content (AvgIpc) is 2.83. The van der Waals surface area contributed by atoms with Gasteiger partial charge in [-0.05, 0) is 28.0 Å². The number of anilines is 1. The first-order chi connectivity index (χ1) is 15.9. The zero-order valence-electron chi connectivity index (χ0n) is 17.6. The molecule has 33 heavy (non-hydrogen) atoms. The zero-order valence-corrected chi connectivity index (χ0v) is 17.6. The molecule has 0 radical (unpaired) electrons. The molecule has 0 spiro atoms. The average molecular weight is 445 g/mol. The summed E-state index contributed by atoms with van der Waals surface area (Å²) in [5.41, 5.74) is 8.23. The minimum Gasteiger partial charge on any atom is -0.397 e. The molecule has 8 heteroatoms. The molecule has 0 saturated carbocycles. The van der Waals surface area contributed by atoms with Gasteiger partial charge in [0.05, 0.1) is 29.5 Å². The second-order valence-corrected chi connectivity index (χ2v) is 8.07. The highest BCUT2D eigenvalue weighted by molar-refractivity contribution is 5.99. The molecule has 0 unspecified atom stereocenters. The number of fused-ring (bicyclic) bond motifs is 1. The summed E-state index contributed by atoms with van der Waals surface area (Å²) in [6.45, 7) is -0.552. The van der Waals surface area contributed by atoms with Crippen LogP contribution in [0.5, 0.6) is 0 Å². The maximum Gasteiger partial charge on any atom is 0.111 e. The Bertz CT molecular complexity index is 1270. The van der Waals surface area contributed by atoms with Gasteiger partial charge in [-0.15, -0.1) is 0 Å². The van der Waals surface area contributed by atoms with Crippen LogP contribution >= 0.6 is 0 Å². The highest BCUT2D eigenvalue weighted by atomic mass is 16.5. The molecule has 6 N–H and O–H groups in total. The van der Waals surface area contributed by atoms with Crippen molar-refractivity contribution in [2.24, 2.45) is 0 Å². The minimum atomic E-state index is -1.53. The van der Waals surface area contributed by atoms with Crippen molar-refractivity contribution in [2.45, 2.75) is 36.9 Å². The van der Waals surface area contributed by atoms with Crippen LogP contribution in [0.15, 0.2) is 48.5 Å². The molecule has 1 saturated heterocycles. The van der Waals surface area contributed by atoms with Crippen molar-refractivity contribution < 1.29 is 25.2 Å². The van der Waals surface area contributed by atoms with Crippen molar-refractivity contribution in [2.75, 3.05) is 12.3 Å². The fourth-order valence-electron chi connectivity index (χ4n) is 4.41. The van der Waals surface area contributed by atoms with Crippen molar-refractivity contribution in [1.82, 2.24) is 0 Å². The Kier molecular flexibility index (Phi) is 6.30. The molecule has 0 aliphatic carbocycles. The summed E-state index contributed by atoms with van der Waals surface area (Å²) in [5, 5.41) is 61.6. The zero-order chi connectivity index (χ0) is 23.7. The van der Waals surface area contributed by atoms with Gasteiger partial charge in [-0.1, -0.05) is 42.5 Å². The van der Waals surface area contributed by atoms with Gasteiger partial charge in [0.1, 0.15) is 36.6 Å². The van der Waals surface area contributed by atoms with Gasteiger partial charge in [-0.2, -0.15) is 10.5 Å². The normalized spacial score (nSPS) is 24.8. The summed E-state index contributed by atoms with van der Waals surface area (Å²) in [5.74, 6) is 0. The second kappa shape index (κ2) is 9.16. The van der Waals surface area contributed by atoms with E-state index < -0.39 is 37.1 Å². The van der Waals surface area contributed by atoms with E-state index in [4.69, 9.17) is 10.5 Å². The third kappa shape index (κ3) is 3.91. The van der Waals surface area contributed by atoms with E-state index in [2.05, 4.69) is 6.07 Å². The largest absolute Gasteiger partial charge is 0.397 e. The fraction of sp³-hybridized carbons (Fsp3) is 0.280. The molecule has 8 nitrogen and oxygen atoms in total. The van der Waals surface area contributed by atoms with E-state index in [1.807, 2.05) is 48.5 Å². The Morgan fingerprint density at radius 2 is 1.52 bits per heavy atom. The fourth-order valence-corrected chi connectivity index (χ4v) is 4.41. The van der Waals surface area contributed by atoms with E-state index in [9.17, 15) is 30.9 Å². The number of hydrogen-bond donors (Lipinski definition) is 5. The van der Waals surface area contributed by atoms with Gasteiger partial charge in [0, 0.05) is 12.0 Å². The van der Waals surface area contributed by atoms with Crippen molar-refractivity contribution in [1.29, 1.82) is 10.5 Å². The van der Waals surface area contributed by atoms with E-state index in [0.29, 0.717) is 11.1 Å². The number of benzene rings is 3. The van der Waals surface area contributed by atoms with E-state index in [0.717, 1.165) is 16.3 Å². The summed E-state index contributed by atoms with van der Waals surface area (Å²) >= 11 is 0. The quantitative estimate of drug-likeness (QED) is 0.374. The van der Waals surface area contributed by atoms with E-state index in [1.54, 1.807) is 6.07 Å². The predicted octanol–water partition coefficient (Wildman–Crippen LogP) is 1.22. The molecular formula is C25H23N3O5. The Balaban J connectivity index is 1.86. The summed E-state index contributed by atoms with van der Waals surface area (Å²) in [4.78, 5) is 0. The topological polar surface area (TPSA) is 164 Å². The molecule has 1 fully saturated rings. The number of hydrogen-bond acceptors (Lipinski definition) is 8. The standard InChI is InChI=1S/C25H23N3O5/c26-10-18-14(9-20-23(30)25(32)24(31)21(12-29)33-20)8-17(19(11-27)22(18)28)16-7-3-5-13-4-1-2-6-15(13)16/h1-8,20-21,23-25,29-32H,9,12,28H2/t20-,21+,23-,24+,25+/m0/s1. The van der Waals surface area contributed by atoms with Gasteiger partial charge in [0.25, 0.3) is 0 Å². The lowest BCUT2D eigenvalue weighted by Gasteiger charge is -2.40. The minimum absolute atomic E-state index is 0.0185. The first-order valence-corrected chi connectivity index (χ1v) is 10.5. The number of nitrogen functional groups attached to an aromatic ring is 1. The lowest BCUT2D eigenvalue weighted by Crippen LogP contribution is -2.59. The summed E-state index contributed by atoms with van der Waals surface area (Å²) in [6.07, 6.45) is -6.56. The molecule has 0 bridgehead atoms. The van der Waals surface area contributed by atoms with Gasteiger partial charge < -0.3 is 30.9 Å². The highest BCUT2D eigenvalue weighted by Gasteiger charge is 2.43. The number of aliphatic hydroxyl groups is 4. The maximum atomic E-state index is 10.5. The van der Waals surface area contributed by atoms with Gasteiger partial charge in [-0.3, -0.25) is 0 Å². The summed E-state index contributed by atoms with van der Waals surface area (Å²) in [6, 6.07) is 19.2. The number of nitriles is 2. The van der Waals surface area contributed by atoms with Gasteiger partial charge in [-0.25, -0.2) is 0 Å². The molecule has 168 valence electrons. The molecule has 5 atom stereocenters. The third-order valence-corrected chi connectivity index (χ3v) is 6.16. The van der Waals surface area contributed by atoms with Gasteiger partial charge in [0.15, 0.2) is 0 Å². The van der Waals surface area contributed by atoms with Crippen LogP contribution in [-0.2, 0) is 11.2 Å². The van der Waals surface area contributed by atoms with E-state index in [-0.39, 0.29) is 23.2 Å². The Morgan fingerprint density at radius 3 is 2.21 bits per heavy atom. The van der Waals surface area contributed by atoms with Crippen LogP contribution < -0.4 is 5.73 Å². The van der Waals surface area contributed by atoms with Crippen LogP contribution in [0, 0.1) is 22.7 Å². The van der Waals surface area contributed by atoms with Crippen molar-refractivity contribution in [3.8, 4) is 23.3 Å². The smallest absolute Gasteiger partial charge is 0.111 e. The van der Waals surface area contributed by atoms with E-state index in [1.165, 1.54) is 0 Å². The molecular weight excluding hydrogens is 422 g/mol. The third-order valence-electron chi connectivity index (χ3n) is 6.16. The number of nitrogens with two attached hydrogens (primary N) is 1. The van der Waals surface area contributed by atoms with Crippen LogP contribution in [0.1, 0.15) is 16.7 Å². The molecule has 3 aromatic carbocycles. The molecule has 3 aromatic rings. The van der Waals surface area contributed by atoms with E-state index >= 15 is 0 Å². The molecule has 1 heterocycles. The Morgan fingerprint density at radius 1 is 0.848 bits per heavy atom. The summed E-state index contributed by atoms with van der Waals surface area (Å²) < 4.78 is 5.62. The van der Waals surface area contributed by atoms with Crippen molar-refractivity contribution in [3.63, 3.8) is 0 Å². The van der Waals surface area contributed by atoms with Crippen LogP contribution in [0.2, 0.25) is 0 Å². The lowest BCUT2D eigenvalue weighted by atomic mass is 9.86. The van der Waals surface area contributed by atoms with Crippen LogP contribution in [0.3, 0.4) is 0 Å². The maximum absolute atomic E-state index is 10.5. The predicted molar refractivity (Wildman–Crippen MR) is 121 cm³/mol. The highest BCUT2D eigenvalue weighted by Crippen LogP contribution is 2.37. The molecule has 0 aromatic heterocycles. The van der Waals surface area contributed by atoms with Crippen molar-refractivity contribution in [3.05, 3.63) is 65.2 Å². The number of rotatable bonds is 4. The number of aliphatic hydroxyl groups excluding tert-OH is 4. The second-order valence-electron chi connectivity index (χ2n) is 8.07. The molecule has 1 aliphatic heterocycles. The van der Waals surface area contributed by atoms with Gasteiger partial charge in [0.2, 0.25) is 0 Å². The van der Waals surface area contributed by atoms with Gasteiger partial charge >= 0.3 is 0 Å². The van der Waals surface area contributed by atoms with Crippen LogP contribution in [-0.4, -0.2) is 57.6 Å². The first kappa shape index (κ1) is 22.7. The summed E-state index contributed by atoms with van der Waals surface area (Å²) in [7, 11) is 0.